The van der Waals surface area contributed by atoms with Crippen molar-refractivity contribution in [2.75, 3.05) is 76.0 Å². The number of benzene rings is 5. The number of hydrogen-bond acceptors (Lipinski definition) is 5. The van der Waals surface area contributed by atoms with Crippen LogP contribution in [-0.4, -0.2) is 62.3 Å². The number of allylic oxidation sites excluding steroid dienone is 2. The van der Waals surface area contributed by atoms with E-state index in [2.05, 4.69) is 191 Å². The molecule has 5 rings (SSSR count). The third-order valence-electron chi connectivity index (χ3n) is 9.47. The van der Waals surface area contributed by atoms with Gasteiger partial charge < -0.3 is 25.3 Å². The van der Waals surface area contributed by atoms with Gasteiger partial charge in [-0.1, -0.05) is 72.8 Å². The Hall–Kier alpha value is -5.75. The van der Waals surface area contributed by atoms with E-state index in [1.165, 1.54) is 0 Å². The lowest BCUT2D eigenvalue weighted by atomic mass is 9.84. The van der Waals surface area contributed by atoms with Gasteiger partial charge in [0.05, 0.1) is 0 Å². The molecule has 0 aliphatic carbocycles. The number of hydrogen-bond donors (Lipinski definition) is 1. The number of nitrogens with two attached hydrogens (primary N) is 1. The van der Waals surface area contributed by atoms with Crippen LogP contribution in [0.15, 0.2) is 127 Å². The number of amides is 1. The summed E-state index contributed by atoms with van der Waals surface area (Å²) in [5.41, 5.74) is 19.5. The molecule has 1 amide bonds. The van der Waals surface area contributed by atoms with Crippen LogP contribution in [-0.2, 0) is 0 Å². The van der Waals surface area contributed by atoms with Gasteiger partial charge in [0.25, 0.3) is 0 Å². The molecule has 0 heterocycles. The highest BCUT2D eigenvalue weighted by molar-refractivity contribution is 5.95. The summed E-state index contributed by atoms with van der Waals surface area (Å²) < 4.78 is 0. The lowest BCUT2D eigenvalue weighted by Crippen LogP contribution is -2.14. The summed E-state index contributed by atoms with van der Waals surface area (Å²) in [6.07, 6.45) is 4.68. The van der Waals surface area contributed by atoms with E-state index in [4.69, 9.17) is 5.73 Å². The zero-order valence-electron chi connectivity index (χ0n) is 31.5. The summed E-state index contributed by atoms with van der Waals surface area (Å²) in [5, 5.41) is 0. The number of nitrogens with zero attached hydrogens (tertiary/aromatic N) is 4. The van der Waals surface area contributed by atoms with Gasteiger partial charge in [-0.25, -0.2) is 0 Å². The predicted octanol–water partition coefficient (Wildman–Crippen LogP) is 8.71. The molecule has 5 aromatic carbocycles. The molecule has 51 heavy (non-hydrogen) atoms. The predicted molar refractivity (Wildman–Crippen MR) is 220 cm³/mol. The second kappa shape index (κ2) is 15.9. The van der Waals surface area contributed by atoms with Crippen LogP contribution in [0.25, 0.3) is 11.1 Å². The average Bonchev–Trinajstić information content (AvgIpc) is 3.12. The molecular formula is C45H51N5O. The van der Waals surface area contributed by atoms with Crippen LogP contribution in [0.1, 0.15) is 49.7 Å². The van der Waals surface area contributed by atoms with Crippen molar-refractivity contribution in [2.24, 2.45) is 5.73 Å². The van der Waals surface area contributed by atoms with Crippen LogP contribution >= 0.6 is 0 Å². The first-order valence-electron chi connectivity index (χ1n) is 17.3. The van der Waals surface area contributed by atoms with Crippen LogP contribution in [0.2, 0.25) is 0 Å². The maximum Gasteiger partial charge on any atom is 0.248 e. The van der Waals surface area contributed by atoms with Crippen LogP contribution < -0.4 is 25.3 Å². The zero-order valence-corrected chi connectivity index (χ0v) is 31.5. The van der Waals surface area contributed by atoms with Gasteiger partial charge >= 0.3 is 0 Å². The van der Waals surface area contributed by atoms with Gasteiger partial charge in [0.1, 0.15) is 0 Å². The van der Waals surface area contributed by atoms with Gasteiger partial charge in [-0.05, 0) is 106 Å². The number of rotatable bonds is 12. The van der Waals surface area contributed by atoms with Crippen molar-refractivity contribution in [3.63, 3.8) is 0 Å². The molecular weight excluding hydrogens is 627 g/mol. The van der Waals surface area contributed by atoms with Crippen molar-refractivity contribution in [2.45, 2.75) is 12.8 Å². The monoisotopic (exact) mass is 677 g/mol. The first-order chi connectivity index (χ1) is 24.3. The van der Waals surface area contributed by atoms with E-state index in [1.807, 2.05) is 19.1 Å². The molecule has 0 aromatic heterocycles. The van der Waals surface area contributed by atoms with Gasteiger partial charge in [-0.2, -0.15) is 0 Å². The van der Waals surface area contributed by atoms with Crippen molar-refractivity contribution < 1.29 is 4.79 Å². The molecule has 0 fully saturated rings. The fourth-order valence-corrected chi connectivity index (χ4v) is 6.34. The SMILES string of the molecule is Cc1c(C(N)=O)cccc1C(C=C(c1ccc(N(C)C)cc1)c1ccc(N(C)C)cc1)C=C(c1ccc(N(C)C)cc1)c1ccc(N(C)C)cc1. The molecule has 0 atom stereocenters. The first-order valence-corrected chi connectivity index (χ1v) is 17.3. The summed E-state index contributed by atoms with van der Waals surface area (Å²) in [7, 11) is 16.4. The van der Waals surface area contributed by atoms with Gasteiger partial charge in [0.15, 0.2) is 0 Å². The second-order valence-corrected chi connectivity index (χ2v) is 13.8. The molecule has 6 heteroatoms. The first kappa shape index (κ1) is 36.5. The number of anilines is 4. The van der Waals surface area contributed by atoms with Crippen molar-refractivity contribution in [3.8, 4) is 0 Å². The minimum Gasteiger partial charge on any atom is -0.378 e. The third-order valence-corrected chi connectivity index (χ3v) is 9.47. The Morgan fingerprint density at radius 3 is 1.04 bits per heavy atom. The molecule has 5 aromatic rings. The number of carbonyl (C=O) groups excluding carboxylic acids is 1. The zero-order chi connectivity index (χ0) is 36.8. The smallest absolute Gasteiger partial charge is 0.248 e. The number of carbonyl (C=O) groups is 1. The van der Waals surface area contributed by atoms with E-state index >= 15 is 0 Å². The molecule has 0 saturated heterocycles. The molecule has 0 aliphatic heterocycles. The Morgan fingerprint density at radius 1 is 0.490 bits per heavy atom. The molecule has 0 spiro atoms. The Labute approximate surface area is 304 Å². The highest BCUT2D eigenvalue weighted by Crippen LogP contribution is 2.37. The number of primary amides is 1. The normalized spacial score (nSPS) is 10.8. The van der Waals surface area contributed by atoms with Crippen molar-refractivity contribution >= 4 is 39.8 Å². The molecule has 0 radical (unpaired) electrons. The second-order valence-electron chi connectivity index (χ2n) is 13.8. The average molecular weight is 678 g/mol. The van der Waals surface area contributed by atoms with Crippen molar-refractivity contribution in [1.82, 2.24) is 0 Å². The highest BCUT2D eigenvalue weighted by atomic mass is 16.1. The molecule has 0 bridgehead atoms. The van der Waals surface area contributed by atoms with Crippen LogP contribution in [0.3, 0.4) is 0 Å². The van der Waals surface area contributed by atoms with E-state index in [9.17, 15) is 4.79 Å². The lowest BCUT2D eigenvalue weighted by Gasteiger charge is -2.21. The minimum absolute atomic E-state index is 0.224. The Bertz CT molecular complexity index is 1780. The van der Waals surface area contributed by atoms with Crippen molar-refractivity contribution in [1.29, 1.82) is 0 Å². The van der Waals surface area contributed by atoms with Gasteiger partial charge in [-0.3, -0.25) is 4.79 Å². The highest BCUT2D eigenvalue weighted by Gasteiger charge is 2.19. The Morgan fingerprint density at radius 2 is 0.784 bits per heavy atom. The molecule has 0 aliphatic rings. The Kier molecular flexibility index (Phi) is 11.4. The van der Waals surface area contributed by atoms with E-state index in [1.54, 1.807) is 0 Å². The maximum atomic E-state index is 12.6. The van der Waals surface area contributed by atoms with E-state index in [0.29, 0.717) is 5.56 Å². The largest absolute Gasteiger partial charge is 0.378 e. The quantitative estimate of drug-likeness (QED) is 0.143. The molecule has 0 unspecified atom stereocenters. The fourth-order valence-electron chi connectivity index (χ4n) is 6.34. The molecule has 6 nitrogen and oxygen atoms in total. The lowest BCUT2D eigenvalue weighted by molar-refractivity contribution is 0.0999. The topological polar surface area (TPSA) is 56.1 Å². The van der Waals surface area contributed by atoms with E-state index in [0.717, 1.165) is 67.3 Å². The molecule has 0 saturated carbocycles. The van der Waals surface area contributed by atoms with E-state index < -0.39 is 5.91 Å². The van der Waals surface area contributed by atoms with Gasteiger partial charge in [0.2, 0.25) is 5.91 Å². The fraction of sp³-hybridized carbons (Fsp3) is 0.222. The standard InChI is InChI=1S/C45H51N5O/c1-31-41(11-10-12-42(31)45(46)51)36(29-43(32-13-21-37(22-14-32)47(2)3)33-15-23-38(24-16-33)48(4)5)30-44(34-17-25-39(26-18-34)49(6)7)35-19-27-40(28-20-35)50(8)9/h10-30,36H,1-9H3,(H2,46,51). The Balaban J connectivity index is 1.82. The maximum absolute atomic E-state index is 12.6. The van der Waals surface area contributed by atoms with Crippen LogP contribution in [0, 0.1) is 6.92 Å². The summed E-state index contributed by atoms with van der Waals surface area (Å²) >= 11 is 0. The van der Waals surface area contributed by atoms with Crippen LogP contribution in [0.5, 0.6) is 0 Å². The molecule has 262 valence electrons. The van der Waals surface area contributed by atoms with E-state index in [-0.39, 0.29) is 5.92 Å². The summed E-state index contributed by atoms with van der Waals surface area (Å²) in [6.45, 7) is 2.00. The van der Waals surface area contributed by atoms with Crippen LogP contribution in [0.4, 0.5) is 22.7 Å². The van der Waals surface area contributed by atoms with Gasteiger partial charge in [-0.15, -0.1) is 0 Å². The third kappa shape index (κ3) is 8.53. The van der Waals surface area contributed by atoms with Gasteiger partial charge in [0, 0.05) is 90.6 Å². The summed E-state index contributed by atoms with van der Waals surface area (Å²) in [6, 6.07) is 40.6. The molecule has 2 N–H and O–H groups in total. The summed E-state index contributed by atoms with van der Waals surface area (Å²) in [5.74, 6) is -0.656. The minimum atomic E-state index is -0.432. The summed E-state index contributed by atoms with van der Waals surface area (Å²) in [4.78, 5) is 21.1. The van der Waals surface area contributed by atoms with Crippen molar-refractivity contribution in [3.05, 3.63) is 166 Å².